The largest absolute Gasteiger partial charge is 0.324 e. The zero-order valence-electron chi connectivity index (χ0n) is 13.5. The fourth-order valence-corrected chi connectivity index (χ4v) is 2.76. The Bertz CT molecular complexity index is 700. The summed E-state index contributed by atoms with van der Waals surface area (Å²) in [5.74, 6) is 0.0520. The summed E-state index contributed by atoms with van der Waals surface area (Å²) in [5, 5.41) is 14.1. The third-order valence-electron chi connectivity index (χ3n) is 4.20. The number of hydrogen-bond donors (Lipinski definition) is 2. The maximum absolute atomic E-state index is 13.3. The first-order valence-corrected chi connectivity index (χ1v) is 7.97. The zero-order valence-corrected chi connectivity index (χ0v) is 13.5. The number of nitrogens with one attached hydrogen (secondary N) is 2. The van der Waals surface area contributed by atoms with Gasteiger partial charge in [-0.2, -0.15) is 0 Å². The highest BCUT2D eigenvalue weighted by Gasteiger charge is 2.22. The number of amides is 2. The minimum absolute atomic E-state index is 0.199. The van der Waals surface area contributed by atoms with Crippen molar-refractivity contribution in [3.63, 3.8) is 0 Å². The lowest BCUT2D eigenvalue weighted by Crippen LogP contribution is -2.45. The number of urea groups is 1. The molecule has 24 heavy (non-hydrogen) atoms. The highest BCUT2D eigenvalue weighted by atomic mass is 19.1. The Morgan fingerprint density at radius 3 is 2.71 bits per heavy atom. The van der Waals surface area contributed by atoms with Crippen LogP contribution in [0.2, 0.25) is 0 Å². The summed E-state index contributed by atoms with van der Waals surface area (Å²) >= 11 is 0. The van der Waals surface area contributed by atoms with E-state index in [1.807, 2.05) is 0 Å². The van der Waals surface area contributed by atoms with Gasteiger partial charge in [0.2, 0.25) is 0 Å². The number of hydrogen-bond acceptors (Lipinski definition) is 4. The zero-order chi connectivity index (χ0) is 16.9. The van der Waals surface area contributed by atoms with Crippen molar-refractivity contribution in [2.75, 3.05) is 25.5 Å². The summed E-state index contributed by atoms with van der Waals surface area (Å²) in [6.45, 7) is 1.84. The Morgan fingerprint density at radius 2 is 2.04 bits per heavy atom. The number of halogens is 1. The number of carbonyl (C=O) groups is 1. The molecule has 1 saturated heterocycles. The molecular formula is C17H20FN5O. The Morgan fingerprint density at radius 1 is 1.25 bits per heavy atom. The van der Waals surface area contributed by atoms with E-state index in [1.165, 1.54) is 12.1 Å². The Kier molecular flexibility index (Phi) is 5.00. The Labute approximate surface area is 140 Å². The number of benzene rings is 1. The minimum Gasteiger partial charge on any atom is -0.324 e. The van der Waals surface area contributed by atoms with Gasteiger partial charge in [-0.25, -0.2) is 9.18 Å². The van der Waals surface area contributed by atoms with Crippen molar-refractivity contribution in [3.8, 4) is 11.3 Å². The molecule has 2 amide bonds. The molecule has 0 radical (unpaired) electrons. The van der Waals surface area contributed by atoms with Crippen LogP contribution in [0.1, 0.15) is 12.8 Å². The van der Waals surface area contributed by atoms with E-state index in [2.05, 4.69) is 20.8 Å². The SMILES string of the molecule is CN(C(=O)Nc1ccc(-c2cccc(F)c2)nn1)C1CCNCC1. The van der Waals surface area contributed by atoms with Crippen LogP contribution in [-0.4, -0.2) is 47.3 Å². The molecule has 126 valence electrons. The van der Waals surface area contributed by atoms with Crippen molar-refractivity contribution in [2.24, 2.45) is 0 Å². The molecule has 1 aromatic carbocycles. The van der Waals surface area contributed by atoms with Gasteiger partial charge in [-0.3, -0.25) is 5.32 Å². The van der Waals surface area contributed by atoms with Crippen LogP contribution < -0.4 is 10.6 Å². The smallest absolute Gasteiger partial charge is 0.323 e. The summed E-state index contributed by atoms with van der Waals surface area (Å²) < 4.78 is 13.3. The third-order valence-corrected chi connectivity index (χ3v) is 4.20. The van der Waals surface area contributed by atoms with E-state index < -0.39 is 0 Å². The van der Waals surface area contributed by atoms with E-state index in [0.717, 1.165) is 25.9 Å². The molecule has 1 aliphatic heterocycles. The van der Waals surface area contributed by atoms with Crippen molar-refractivity contribution in [1.82, 2.24) is 20.4 Å². The van der Waals surface area contributed by atoms with Crippen LogP contribution in [0, 0.1) is 5.82 Å². The molecule has 0 aliphatic carbocycles. The van der Waals surface area contributed by atoms with Gasteiger partial charge >= 0.3 is 6.03 Å². The van der Waals surface area contributed by atoms with Gasteiger partial charge in [-0.15, -0.1) is 10.2 Å². The molecule has 0 spiro atoms. The predicted molar refractivity (Wildman–Crippen MR) is 90.1 cm³/mol. The van der Waals surface area contributed by atoms with E-state index in [1.54, 1.807) is 36.2 Å². The van der Waals surface area contributed by atoms with Gasteiger partial charge < -0.3 is 10.2 Å². The molecule has 1 aliphatic rings. The van der Waals surface area contributed by atoms with Crippen molar-refractivity contribution in [2.45, 2.75) is 18.9 Å². The quantitative estimate of drug-likeness (QED) is 0.908. The fourth-order valence-electron chi connectivity index (χ4n) is 2.76. The average Bonchev–Trinajstić information content (AvgIpc) is 2.62. The third kappa shape index (κ3) is 3.86. The second-order valence-electron chi connectivity index (χ2n) is 5.84. The molecule has 2 N–H and O–H groups in total. The number of piperidine rings is 1. The van der Waals surface area contributed by atoms with Gasteiger partial charge in [0.05, 0.1) is 5.69 Å². The number of rotatable bonds is 3. The monoisotopic (exact) mass is 329 g/mol. The topological polar surface area (TPSA) is 70.2 Å². The van der Waals surface area contributed by atoms with Gasteiger partial charge in [0.15, 0.2) is 5.82 Å². The molecule has 1 fully saturated rings. The normalized spacial score (nSPS) is 15.1. The standard InChI is InChI=1S/C17H20FN5O/c1-23(14-7-9-19-10-8-14)17(24)20-16-6-5-15(21-22-16)12-3-2-4-13(18)11-12/h2-6,11,14,19H,7-10H2,1H3,(H,20,22,24). The Balaban J connectivity index is 1.64. The molecule has 0 atom stereocenters. The lowest BCUT2D eigenvalue weighted by Gasteiger charge is -2.31. The van der Waals surface area contributed by atoms with Crippen molar-refractivity contribution >= 4 is 11.8 Å². The molecule has 0 unspecified atom stereocenters. The molecular weight excluding hydrogens is 309 g/mol. The first-order chi connectivity index (χ1) is 11.6. The molecule has 6 nitrogen and oxygen atoms in total. The molecule has 3 rings (SSSR count). The highest BCUT2D eigenvalue weighted by Crippen LogP contribution is 2.18. The van der Waals surface area contributed by atoms with Crippen LogP contribution >= 0.6 is 0 Å². The van der Waals surface area contributed by atoms with Crippen molar-refractivity contribution in [3.05, 3.63) is 42.2 Å². The van der Waals surface area contributed by atoms with Gasteiger partial charge in [0, 0.05) is 18.7 Å². The van der Waals surface area contributed by atoms with Crippen molar-refractivity contribution in [1.29, 1.82) is 0 Å². The van der Waals surface area contributed by atoms with Crippen LogP contribution in [0.4, 0.5) is 15.0 Å². The second-order valence-corrected chi connectivity index (χ2v) is 5.84. The number of aromatic nitrogens is 2. The highest BCUT2D eigenvalue weighted by molar-refractivity contribution is 5.88. The maximum atomic E-state index is 13.3. The lowest BCUT2D eigenvalue weighted by molar-refractivity contribution is 0.189. The van der Waals surface area contributed by atoms with E-state index in [4.69, 9.17) is 0 Å². The fraction of sp³-hybridized carbons (Fsp3) is 0.353. The lowest BCUT2D eigenvalue weighted by atomic mass is 10.1. The summed E-state index contributed by atoms with van der Waals surface area (Å²) in [6.07, 6.45) is 1.88. The van der Waals surface area contributed by atoms with Crippen LogP contribution in [-0.2, 0) is 0 Å². The summed E-state index contributed by atoms with van der Waals surface area (Å²) in [6, 6.07) is 9.56. The summed E-state index contributed by atoms with van der Waals surface area (Å²) in [7, 11) is 1.79. The van der Waals surface area contributed by atoms with Gasteiger partial charge in [-0.1, -0.05) is 12.1 Å². The molecule has 0 saturated carbocycles. The van der Waals surface area contributed by atoms with Crippen LogP contribution in [0.15, 0.2) is 36.4 Å². The molecule has 0 bridgehead atoms. The van der Waals surface area contributed by atoms with E-state index in [-0.39, 0.29) is 17.9 Å². The van der Waals surface area contributed by atoms with Gasteiger partial charge in [0.25, 0.3) is 0 Å². The molecule has 2 heterocycles. The maximum Gasteiger partial charge on any atom is 0.323 e. The summed E-state index contributed by atoms with van der Waals surface area (Å²) in [5.41, 5.74) is 1.20. The minimum atomic E-state index is -0.324. The van der Waals surface area contributed by atoms with Gasteiger partial charge in [-0.05, 0) is 50.2 Å². The van der Waals surface area contributed by atoms with E-state index in [9.17, 15) is 9.18 Å². The van der Waals surface area contributed by atoms with Crippen LogP contribution in [0.25, 0.3) is 11.3 Å². The summed E-state index contributed by atoms with van der Waals surface area (Å²) in [4.78, 5) is 14.0. The number of anilines is 1. The predicted octanol–water partition coefficient (Wildman–Crippen LogP) is 2.50. The number of nitrogens with zero attached hydrogens (tertiary/aromatic N) is 3. The second kappa shape index (κ2) is 7.35. The van der Waals surface area contributed by atoms with Gasteiger partial charge in [0.1, 0.15) is 5.82 Å². The first-order valence-electron chi connectivity index (χ1n) is 7.97. The van der Waals surface area contributed by atoms with Crippen LogP contribution in [0.3, 0.4) is 0 Å². The van der Waals surface area contributed by atoms with E-state index in [0.29, 0.717) is 17.1 Å². The molecule has 2 aromatic rings. The van der Waals surface area contributed by atoms with Crippen molar-refractivity contribution < 1.29 is 9.18 Å². The average molecular weight is 329 g/mol. The van der Waals surface area contributed by atoms with E-state index >= 15 is 0 Å². The first kappa shape index (κ1) is 16.3. The molecule has 7 heteroatoms. The Hall–Kier alpha value is -2.54. The number of carbonyl (C=O) groups excluding carboxylic acids is 1. The molecule has 1 aromatic heterocycles. The van der Waals surface area contributed by atoms with Crippen LogP contribution in [0.5, 0.6) is 0 Å².